The van der Waals surface area contributed by atoms with Crippen LogP contribution in [-0.4, -0.2) is 69.0 Å². The lowest BCUT2D eigenvalue weighted by Gasteiger charge is -2.47. The van der Waals surface area contributed by atoms with Crippen LogP contribution in [0.15, 0.2) is 23.4 Å². The maximum atomic E-state index is 11.8. The van der Waals surface area contributed by atoms with Crippen molar-refractivity contribution in [3.05, 3.63) is 23.4 Å². The van der Waals surface area contributed by atoms with Crippen LogP contribution in [0.3, 0.4) is 0 Å². The van der Waals surface area contributed by atoms with E-state index in [1.54, 1.807) is 26.2 Å². The second-order valence-corrected chi connectivity index (χ2v) is 7.06. The zero-order valence-corrected chi connectivity index (χ0v) is 13.8. The second kappa shape index (κ2) is 6.76. The van der Waals surface area contributed by atoms with Gasteiger partial charge in [-0.1, -0.05) is 23.9 Å². The molecular formula is C13H17N3O4S2. The second-order valence-electron chi connectivity index (χ2n) is 4.99. The molecule has 0 aromatic rings. The van der Waals surface area contributed by atoms with E-state index in [1.807, 2.05) is 0 Å². The number of β-lactam (4-membered cyclic amide) rings is 1. The van der Waals surface area contributed by atoms with E-state index in [1.165, 1.54) is 21.6 Å². The number of fused-ring (bicyclic) bond motifs is 1. The number of carboxylic acid groups (broad SMARTS) is 1. The van der Waals surface area contributed by atoms with E-state index in [9.17, 15) is 19.5 Å². The lowest BCUT2D eigenvalue weighted by molar-refractivity contribution is -0.147. The summed E-state index contributed by atoms with van der Waals surface area (Å²) < 4.78 is 0. The van der Waals surface area contributed by atoms with Gasteiger partial charge < -0.3 is 15.7 Å². The fourth-order valence-electron chi connectivity index (χ4n) is 2.11. The molecule has 2 rings (SSSR count). The summed E-state index contributed by atoms with van der Waals surface area (Å²) in [6.07, 6.45) is 3.40. The van der Waals surface area contributed by atoms with Crippen molar-refractivity contribution in [2.45, 2.75) is 11.4 Å². The van der Waals surface area contributed by atoms with Crippen molar-refractivity contribution in [1.82, 2.24) is 9.80 Å². The van der Waals surface area contributed by atoms with Crippen LogP contribution < -0.4 is 5.73 Å². The Labute approximate surface area is 136 Å². The number of hydrogen-bond donors (Lipinski definition) is 2. The van der Waals surface area contributed by atoms with Gasteiger partial charge in [-0.25, -0.2) is 4.79 Å². The summed E-state index contributed by atoms with van der Waals surface area (Å²) in [5.41, 5.74) is 6.23. The van der Waals surface area contributed by atoms with E-state index >= 15 is 0 Å². The molecule has 1 fully saturated rings. The zero-order chi connectivity index (χ0) is 16.4. The van der Waals surface area contributed by atoms with E-state index in [2.05, 4.69) is 0 Å². The number of carbonyl (C=O) groups is 3. The van der Waals surface area contributed by atoms with E-state index in [4.69, 9.17) is 5.73 Å². The van der Waals surface area contributed by atoms with Gasteiger partial charge >= 0.3 is 5.97 Å². The molecule has 0 aromatic carbocycles. The molecule has 0 radical (unpaired) electrons. The van der Waals surface area contributed by atoms with Crippen molar-refractivity contribution in [1.29, 1.82) is 0 Å². The smallest absolute Gasteiger partial charge is 0.352 e. The number of carbonyl (C=O) groups excluding carboxylic acids is 2. The van der Waals surface area contributed by atoms with Crippen LogP contribution in [0.25, 0.3) is 0 Å². The van der Waals surface area contributed by atoms with Crippen LogP contribution in [0, 0.1) is 0 Å². The molecule has 22 heavy (non-hydrogen) atoms. The Morgan fingerprint density at radius 2 is 2.23 bits per heavy atom. The Hall–Kier alpha value is -1.45. The Balaban J connectivity index is 2.09. The Kier molecular flexibility index (Phi) is 5.20. The number of nitrogens with zero attached hydrogens (tertiary/aromatic N) is 2. The Morgan fingerprint density at radius 3 is 2.82 bits per heavy atom. The molecule has 0 aliphatic carbocycles. The van der Waals surface area contributed by atoms with Crippen molar-refractivity contribution in [3.8, 4) is 0 Å². The lowest BCUT2D eigenvalue weighted by atomic mass is 10.0. The van der Waals surface area contributed by atoms with Crippen molar-refractivity contribution < 1.29 is 19.5 Å². The molecule has 2 heterocycles. The van der Waals surface area contributed by atoms with E-state index in [0.29, 0.717) is 17.1 Å². The molecule has 2 aliphatic rings. The number of carboxylic acids is 1. The zero-order valence-electron chi connectivity index (χ0n) is 12.2. The summed E-state index contributed by atoms with van der Waals surface area (Å²) >= 11 is 2.57. The standard InChI is InChI=1S/C13H17N3O4S2/c1-15(2)13(20)21-5-3-4-7-6-22-11-8(14)10(17)16(11)9(7)12(18)19/h3-4,8,11H,5-6,14H2,1-2H3,(H,18,19)/b4-3-/t8-,11-/m1/s1. The van der Waals surface area contributed by atoms with Crippen molar-refractivity contribution in [2.75, 3.05) is 25.6 Å². The fraction of sp³-hybridized carbons (Fsp3) is 0.462. The molecule has 120 valence electrons. The maximum absolute atomic E-state index is 11.8. The van der Waals surface area contributed by atoms with Gasteiger partial charge in [-0.3, -0.25) is 14.5 Å². The minimum absolute atomic E-state index is 0.00404. The van der Waals surface area contributed by atoms with Gasteiger partial charge in [0.1, 0.15) is 17.1 Å². The van der Waals surface area contributed by atoms with Crippen LogP contribution in [0.2, 0.25) is 0 Å². The van der Waals surface area contributed by atoms with Crippen LogP contribution in [-0.2, 0) is 9.59 Å². The Bertz CT molecular complexity index is 574. The normalized spacial score (nSPS) is 24.3. The summed E-state index contributed by atoms with van der Waals surface area (Å²) in [4.78, 5) is 37.3. The predicted octanol–water partition coefficient (Wildman–Crippen LogP) is 0.539. The topological polar surface area (TPSA) is 104 Å². The molecule has 0 bridgehead atoms. The van der Waals surface area contributed by atoms with Gasteiger partial charge in [-0.2, -0.15) is 0 Å². The summed E-state index contributed by atoms with van der Waals surface area (Å²) in [5.74, 6) is -0.582. The average Bonchev–Trinajstić information content (AvgIpc) is 2.49. The quantitative estimate of drug-likeness (QED) is 0.718. The van der Waals surface area contributed by atoms with Gasteiger partial charge in [0.05, 0.1) is 0 Å². The highest BCUT2D eigenvalue weighted by atomic mass is 32.2. The van der Waals surface area contributed by atoms with Gasteiger partial charge in [0.15, 0.2) is 0 Å². The van der Waals surface area contributed by atoms with Crippen LogP contribution in [0.4, 0.5) is 4.79 Å². The fourth-order valence-corrected chi connectivity index (χ4v) is 3.97. The molecule has 0 spiro atoms. The molecular weight excluding hydrogens is 326 g/mol. The first-order valence-electron chi connectivity index (χ1n) is 6.52. The predicted molar refractivity (Wildman–Crippen MR) is 86.4 cm³/mol. The van der Waals surface area contributed by atoms with E-state index in [-0.39, 0.29) is 22.2 Å². The number of nitrogens with two attached hydrogens (primary N) is 1. The van der Waals surface area contributed by atoms with Gasteiger partial charge in [0.2, 0.25) is 5.91 Å². The number of thioether (sulfide) groups is 2. The SMILES string of the molecule is CN(C)C(=O)SC/C=C\C1=C(C(=O)O)N2C(=O)[C@@H](N)[C@H]2SC1. The molecule has 9 heteroatoms. The monoisotopic (exact) mass is 343 g/mol. The van der Waals surface area contributed by atoms with Gasteiger partial charge in [0, 0.05) is 25.6 Å². The van der Waals surface area contributed by atoms with Crippen molar-refractivity contribution in [2.24, 2.45) is 5.73 Å². The van der Waals surface area contributed by atoms with E-state index < -0.39 is 12.0 Å². The molecule has 7 nitrogen and oxygen atoms in total. The average molecular weight is 343 g/mol. The summed E-state index contributed by atoms with van der Waals surface area (Å²) in [6, 6.07) is -0.627. The maximum Gasteiger partial charge on any atom is 0.352 e. The lowest BCUT2D eigenvalue weighted by Crippen LogP contribution is -2.68. The molecule has 0 saturated carbocycles. The first-order valence-corrected chi connectivity index (χ1v) is 8.55. The molecule has 2 aliphatic heterocycles. The van der Waals surface area contributed by atoms with Crippen LogP contribution >= 0.6 is 23.5 Å². The number of amides is 2. The molecule has 1 saturated heterocycles. The van der Waals surface area contributed by atoms with Gasteiger partial charge in [0.25, 0.3) is 5.24 Å². The highest BCUT2D eigenvalue weighted by molar-refractivity contribution is 8.13. The molecule has 0 aromatic heterocycles. The van der Waals surface area contributed by atoms with Crippen LogP contribution in [0.5, 0.6) is 0 Å². The number of aliphatic carboxylic acids is 1. The molecule has 2 amide bonds. The first-order chi connectivity index (χ1) is 10.3. The van der Waals surface area contributed by atoms with Gasteiger partial charge in [-0.05, 0) is 5.57 Å². The third-order valence-electron chi connectivity index (χ3n) is 3.23. The summed E-state index contributed by atoms with van der Waals surface area (Å²) in [7, 11) is 3.33. The number of rotatable bonds is 4. The third-order valence-corrected chi connectivity index (χ3v) is 5.52. The van der Waals surface area contributed by atoms with Gasteiger partial charge in [-0.15, -0.1) is 11.8 Å². The minimum atomic E-state index is -1.14. The number of hydrogen-bond acceptors (Lipinski definition) is 6. The highest BCUT2D eigenvalue weighted by Crippen LogP contribution is 2.39. The molecule has 3 N–H and O–H groups in total. The Morgan fingerprint density at radius 1 is 1.55 bits per heavy atom. The summed E-state index contributed by atoms with van der Waals surface area (Å²) in [6.45, 7) is 0. The van der Waals surface area contributed by atoms with Crippen molar-refractivity contribution in [3.63, 3.8) is 0 Å². The number of allylic oxidation sites excluding steroid dienone is 1. The third kappa shape index (κ3) is 3.16. The molecule has 0 unspecified atom stereocenters. The highest BCUT2D eigenvalue weighted by Gasteiger charge is 2.51. The van der Waals surface area contributed by atoms with Crippen LogP contribution in [0.1, 0.15) is 0 Å². The first kappa shape index (κ1) is 16.9. The minimum Gasteiger partial charge on any atom is -0.477 e. The summed E-state index contributed by atoms with van der Waals surface area (Å²) in [5, 5.41) is 8.99. The molecule has 2 atom stereocenters. The van der Waals surface area contributed by atoms with E-state index in [0.717, 1.165) is 11.8 Å². The largest absolute Gasteiger partial charge is 0.477 e. The van der Waals surface area contributed by atoms with Crippen molar-refractivity contribution >= 4 is 40.6 Å².